The molecule has 5 nitrogen and oxygen atoms in total. The van der Waals surface area contributed by atoms with Crippen molar-refractivity contribution in [1.29, 1.82) is 0 Å². The van der Waals surface area contributed by atoms with E-state index in [1.807, 2.05) is 6.92 Å². The average Bonchev–Trinajstić information content (AvgIpc) is 2.57. The second-order valence-corrected chi connectivity index (χ2v) is 7.66. The fourth-order valence-electron chi connectivity index (χ4n) is 1.07. The lowest BCUT2D eigenvalue weighted by molar-refractivity contribution is 0.270. The summed E-state index contributed by atoms with van der Waals surface area (Å²) in [5.74, 6) is 1.14. The molecule has 9 heteroatoms. The van der Waals surface area contributed by atoms with Crippen LogP contribution in [0.1, 0.15) is 6.92 Å². The van der Waals surface area contributed by atoms with E-state index < -0.39 is 6.72 Å². The molecule has 98 valence electrons. The number of hydrogen-bond acceptors (Lipinski definition) is 6. The Morgan fingerprint density at radius 1 is 1.47 bits per heavy atom. The Hall–Kier alpha value is 0.220. The third-order valence-electron chi connectivity index (χ3n) is 1.84. The van der Waals surface area contributed by atoms with Crippen LogP contribution in [0, 0.1) is 0 Å². The van der Waals surface area contributed by atoms with Crippen LogP contribution in [0.15, 0.2) is 5.03 Å². The molecule has 0 aliphatic rings. The lowest BCUT2D eigenvalue weighted by atomic mass is 10.7. The summed E-state index contributed by atoms with van der Waals surface area (Å²) < 4.78 is 17.1. The number of aromatic nitrogens is 2. The number of halogens is 1. The van der Waals surface area contributed by atoms with Crippen molar-refractivity contribution in [2.24, 2.45) is 7.05 Å². The smallest absolute Gasteiger partial charge is 0.381 e. The average molecular weight is 317 g/mol. The van der Waals surface area contributed by atoms with Crippen LogP contribution in [0.4, 0.5) is 0 Å². The maximum atomic E-state index is 6.16. The van der Waals surface area contributed by atoms with Crippen molar-refractivity contribution in [3.8, 4) is 5.88 Å². The summed E-state index contributed by atoms with van der Waals surface area (Å²) in [6.07, 6.45) is 0. The highest BCUT2D eigenvalue weighted by atomic mass is 35.5. The molecule has 0 aliphatic heterocycles. The van der Waals surface area contributed by atoms with Gasteiger partial charge in [0.1, 0.15) is 10.0 Å². The van der Waals surface area contributed by atoms with E-state index in [-0.39, 0.29) is 5.88 Å². The molecule has 0 saturated heterocycles. The highest BCUT2D eigenvalue weighted by Crippen LogP contribution is 2.50. The molecule has 1 aromatic heterocycles. The van der Waals surface area contributed by atoms with E-state index in [4.69, 9.17) is 37.0 Å². The molecule has 0 amide bonds. The summed E-state index contributed by atoms with van der Waals surface area (Å²) in [5, 5.41) is 5.42. The summed E-state index contributed by atoms with van der Waals surface area (Å²) in [6.45, 7) is -0.761. The summed E-state index contributed by atoms with van der Waals surface area (Å²) in [5.41, 5.74) is 0. The molecule has 0 N–H and O–H groups in total. The van der Waals surface area contributed by atoms with Crippen LogP contribution in [-0.2, 0) is 27.9 Å². The van der Waals surface area contributed by atoms with Crippen LogP contribution in [0.3, 0.4) is 0 Å². The Morgan fingerprint density at radius 3 is 2.53 bits per heavy atom. The predicted molar refractivity (Wildman–Crippen MR) is 73.5 cm³/mol. The summed E-state index contributed by atoms with van der Waals surface area (Å²) in [7, 11) is 4.66. The Labute approximate surface area is 115 Å². The van der Waals surface area contributed by atoms with Gasteiger partial charge in [-0.15, -0.1) is 16.9 Å². The highest BCUT2D eigenvalue weighted by molar-refractivity contribution is 8.07. The van der Waals surface area contributed by atoms with Crippen LogP contribution in [-0.4, -0.2) is 29.8 Å². The monoisotopic (exact) mass is 316 g/mol. The van der Waals surface area contributed by atoms with E-state index in [9.17, 15) is 0 Å². The van der Waals surface area contributed by atoms with Crippen molar-refractivity contribution in [2.75, 3.05) is 20.0 Å². The van der Waals surface area contributed by atoms with Crippen LogP contribution >= 0.6 is 30.1 Å². The first kappa shape index (κ1) is 15.3. The molecule has 0 aromatic carbocycles. The lowest BCUT2D eigenvalue weighted by Gasteiger charge is -2.16. The van der Waals surface area contributed by atoms with Crippen molar-refractivity contribution < 1.29 is 13.6 Å². The molecule has 0 fully saturated rings. The zero-order valence-electron chi connectivity index (χ0n) is 9.97. The fourth-order valence-corrected chi connectivity index (χ4v) is 3.05. The third kappa shape index (κ3) is 3.59. The van der Waals surface area contributed by atoms with Gasteiger partial charge < -0.3 is 13.6 Å². The number of rotatable bonds is 6. The van der Waals surface area contributed by atoms with Gasteiger partial charge in [-0.1, -0.05) is 18.5 Å². The van der Waals surface area contributed by atoms with Gasteiger partial charge in [0.05, 0.1) is 0 Å². The summed E-state index contributed by atoms with van der Waals surface area (Å²) >= 11 is 12.8. The largest absolute Gasteiger partial charge is 0.402 e. The van der Waals surface area contributed by atoms with Gasteiger partial charge >= 0.3 is 6.72 Å². The van der Waals surface area contributed by atoms with Crippen molar-refractivity contribution in [3.63, 3.8) is 0 Å². The van der Waals surface area contributed by atoms with Crippen LogP contribution in [0.25, 0.3) is 0 Å². The van der Waals surface area contributed by atoms with Gasteiger partial charge in [-0.3, -0.25) is 4.68 Å². The van der Waals surface area contributed by atoms with E-state index in [1.165, 1.54) is 14.2 Å². The van der Waals surface area contributed by atoms with Gasteiger partial charge in [0.25, 0.3) is 5.88 Å². The second-order valence-electron chi connectivity index (χ2n) is 2.88. The minimum atomic E-state index is -2.79. The van der Waals surface area contributed by atoms with Gasteiger partial charge in [0.15, 0.2) is 0 Å². The second kappa shape index (κ2) is 6.41. The van der Waals surface area contributed by atoms with Crippen molar-refractivity contribution in [1.82, 2.24) is 9.78 Å². The molecule has 17 heavy (non-hydrogen) atoms. The molecule has 0 atom stereocenters. The van der Waals surface area contributed by atoms with Crippen LogP contribution < -0.4 is 4.52 Å². The normalized spacial score (nSPS) is 11.8. The van der Waals surface area contributed by atoms with Crippen molar-refractivity contribution in [3.05, 3.63) is 5.02 Å². The standard InChI is InChI=1S/C8H14ClN2O3PS2/c1-5-17-8-6(9)7(10-11(8)2)14-15(16,12-3)13-4/h5H2,1-4H3. The Kier molecular flexibility index (Phi) is 5.76. The lowest BCUT2D eigenvalue weighted by Crippen LogP contribution is -1.98. The third-order valence-corrected chi connectivity index (χ3v) is 5.73. The van der Waals surface area contributed by atoms with Crippen molar-refractivity contribution in [2.45, 2.75) is 11.9 Å². The van der Waals surface area contributed by atoms with E-state index in [0.29, 0.717) is 5.02 Å². The summed E-state index contributed by atoms with van der Waals surface area (Å²) in [4.78, 5) is 0. The van der Waals surface area contributed by atoms with Gasteiger partial charge in [-0.25, -0.2) is 0 Å². The van der Waals surface area contributed by atoms with Crippen LogP contribution in [0.2, 0.25) is 5.02 Å². The van der Waals surface area contributed by atoms with E-state index in [1.54, 1.807) is 23.5 Å². The molecule has 1 aromatic rings. The minimum absolute atomic E-state index is 0.247. The predicted octanol–water partition coefficient (Wildman–Crippen LogP) is 3.08. The zero-order valence-corrected chi connectivity index (χ0v) is 13.3. The molecule has 1 heterocycles. The molecule has 0 aliphatic carbocycles. The first-order valence-corrected chi connectivity index (χ1v) is 8.65. The maximum absolute atomic E-state index is 6.16. The molecule has 0 bridgehead atoms. The van der Waals surface area contributed by atoms with E-state index >= 15 is 0 Å². The first-order chi connectivity index (χ1) is 7.97. The molecule has 0 radical (unpaired) electrons. The van der Waals surface area contributed by atoms with Gasteiger partial charge in [0.2, 0.25) is 0 Å². The fraction of sp³-hybridized carbons (Fsp3) is 0.625. The Morgan fingerprint density at radius 2 is 2.06 bits per heavy atom. The SMILES string of the molecule is CCSc1c(Cl)c(OP(=S)(OC)OC)nn1C. The van der Waals surface area contributed by atoms with Gasteiger partial charge in [-0.05, 0) is 5.75 Å². The zero-order chi connectivity index (χ0) is 13.1. The van der Waals surface area contributed by atoms with Crippen LogP contribution in [0.5, 0.6) is 5.88 Å². The molecule has 0 spiro atoms. The van der Waals surface area contributed by atoms with Crippen molar-refractivity contribution >= 4 is 41.9 Å². The number of nitrogens with zero attached hydrogens (tertiary/aromatic N) is 2. The van der Waals surface area contributed by atoms with E-state index in [0.717, 1.165) is 10.8 Å². The summed E-state index contributed by atoms with van der Waals surface area (Å²) in [6, 6.07) is 0. The highest BCUT2D eigenvalue weighted by Gasteiger charge is 2.24. The quantitative estimate of drug-likeness (QED) is 0.593. The number of thioether (sulfide) groups is 1. The molecular weight excluding hydrogens is 303 g/mol. The maximum Gasteiger partial charge on any atom is 0.381 e. The number of aryl methyl sites for hydroxylation is 1. The Bertz CT molecular complexity index is 433. The molecule has 0 saturated carbocycles. The first-order valence-electron chi connectivity index (χ1n) is 4.73. The molecular formula is C8H14ClN2O3PS2. The molecule has 1 rings (SSSR count). The van der Waals surface area contributed by atoms with E-state index in [2.05, 4.69) is 5.10 Å². The van der Waals surface area contributed by atoms with Gasteiger partial charge in [-0.2, -0.15) is 0 Å². The van der Waals surface area contributed by atoms with Gasteiger partial charge in [0, 0.05) is 33.1 Å². The Balaban J connectivity index is 3.00. The molecule has 0 unspecified atom stereocenters. The minimum Gasteiger partial charge on any atom is -0.402 e. The number of hydrogen-bond donors (Lipinski definition) is 0. The topological polar surface area (TPSA) is 45.5 Å².